The number of sulfonamides is 1. The van der Waals surface area contributed by atoms with Crippen LogP contribution in [-0.2, 0) is 10.0 Å². The molecule has 0 aromatic carbocycles. The third kappa shape index (κ3) is 4.33. The molecular weight excluding hydrogens is 428 g/mol. The van der Waals surface area contributed by atoms with Gasteiger partial charge in [-0.2, -0.15) is 4.98 Å². The van der Waals surface area contributed by atoms with Crippen LogP contribution in [0.15, 0.2) is 28.7 Å². The summed E-state index contributed by atoms with van der Waals surface area (Å²) in [5.74, 6) is 0.294. The summed E-state index contributed by atoms with van der Waals surface area (Å²) in [5, 5.41) is 3.59. The van der Waals surface area contributed by atoms with E-state index < -0.39 is 27.6 Å². The predicted octanol–water partition coefficient (Wildman–Crippen LogP) is 2.85. The van der Waals surface area contributed by atoms with Crippen molar-refractivity contribution in [2.45, 2.75) is 51.1 Å². The Morgan fingerprint density at radius 1 is 1.23 bits per heavy atom. The molecule has 1 fully saturated rings. The van der Waals surface area contributed by atoms with Crippen LogP contribution in [0, 0.1) is 0 Å². The summed E-state index contributed by atoms with van der Waals surface area (Å²) in [6.07, 6.45) is 4.39. The van der Waals surface area contributed by atoms with Crippen molar-refractivity contribution in [2.24, 2.45) is 0 Å². The highest BCUT2D eigenvalue weighted by atomic mass is 32.2. The highest BCUT2D eigenvalue weighted by Gasteiger charge is 2.27. The number of halogens is 2. The first-order chi connectivity index (χ1) is 14.6. The van der Waals surface area contributed by atoms with Crippen molar-refractivity contribution in [3.63, 3.8) is 0 Å². The van der Waals surface area contributed by atoms with Crippen molar-refractivity contribution in [1.82, 2.24) is 18.8 Å². The number of aromatic nitrogens is 3. The van der Waals surface area contributed by atoms with Gasteiger partial charge in [0, 0.05) is 30.7 Å². The molecule has 1 aliphatic carbocycles. The summed E-state index contributed by atoms with van der Waals surface area (Å²) in [5.41, 5.74) is -0.00544. The van der Waals surface area contributed by atoms with E-state index in [2.05, 4.69) is 15.3 Å². The van der Waals surface area contributed by atoms with Crippen LogP contribution >= 0.6 is 0 Å². The monoisotopic (exact) mass is 453 g/mol. The Kier molecular flexibility index (Phi) is 5.82. The quantitative estimate of drug-likeness (QED) is 0.700. The average molecular weight is 454 g/mol. The summed E-state index contributed by atoms with van der Waals surface area (Å²) in [6, 6.07) is 0.833. The number of nitrogens with zero attached hydrogens (tertiary/aromatic N) is 4. The number of allylic oxidation sites excluding steroid dienone is 2. The van der Waals surface area contributed by atoms with Gasteiger partial charge in [0.05, 0.1) is 17.9 Å². The zero-order valence-electron chi connectivity index (χ0n) is 17.4. The van der Waals surface area contributed by atoms with Crippen LogP contribution < -0.4 is 10.9 Å². The fourth-order valence-corrected chi connectivity index (χ4v) is 5.21. The molecule has 0 unspecified atom stereocenters. The van der Waals surface area contributed by atoms with Crippen molar-refractivity contribution >= 4 is 27.0 Å². The van der Waals surface area contributed by atoms with Crippen molar-refractivity contribution in [3.05, 3.63) is 39.8 Å². The SMILES string of the molecule is CC1=CCC[C@H]1n1c(=O)c(C(F)F)cc2cnc(NC3CCN(S(C)(=O)=O)CC3)nc21. The van der Waals surface area contributed by atoms with Gasteiger partial charge in [-0.25, -0.2) is 26.5 Å². The fourth-order valence-electron chi connectivity index (χ4n) is 4.34. The van der Waals surface area contributed by atoms with Gasteiger partial charge in [0.2, 0.25) is 16.0 Å². The Morgan fingerprint density at radius 3 is 2.52 bits per heavy atom. The first-order valence-corrected chi connectivity index (χ1v) is 12.1. The number of nitrogens with one attached hydrogen (secondary N) is 1. The summed E-state index contributed by atoms with van der Waals surface area (Å²) in [4.78, 5) is 21.7. The minimum absolute atomic E-state index is 0.0240. The van der Waals surface area contributed by atoms with Crippen molar-refractivity contribution in [2.75, 3.05) is 24.7 Å². The molecule has 0 bridgehead atoms. The maximum atomic E-state index is 13.5. The lowest BCUT2D eigenvalue weighted by Crippen LogP contribution is -2.42. The molecule has 0 amide bonds. The molecule has 31 heavy (non-hydrogen) atoms. The molecule has 1 N–H and O–H groups in total. The fraction of sp³-hybridized carbons (Fsp3) is 0.550. The number of anilines is 1. The van der Waals surface area contributed by atoms with Crippen molar-refractivity contribution < 1.29 is 17.2 Å². The van der Waals surface area contributed by atoms with Crippen molar-refractivity contribution in [1.29, 1.82) is 0 Å². The summed E-state index contributed by atoms with van der Waals surface area (Å²) in [6.45, 7) is 2.69. The predicted molar refractivity (Wildman–Crippen MR) is 114 cm³/mol. The second kappa shape index (κ2) is 8.27. The molecule has 168 valence electrons. The van der Waals surface area contributed by atoms with Crippen LogP contribution in [0.4, 0.5) is 14.7 Å². The van der Waals surface area contributed by atoms with Crippen LogP contribution in [-0.4, -0.2) is 52.6 Å². The average Bonchev–Trinajstić information content (AvgIpc) is 3.12. The molecule has 1 saturated heterocycles. The summed E-state index contributed by atoms with van der Waals surface area (Å²) >= 11 is 0. The van der Waals surface area contributed by atoms with Crippen LogP contribution in [0.3, 0.4) is 0 Å². The largest absolute Gasteiger partial charge is 0.351 e. The molecule has 3 heterocycles. The maximum Gasteiger partial charge on any atom is 0.269 e. The van der Waals surface area contributed by atoms with Gasteiger partial charge in [0.25, 0.3) is 12.0 Å². The van der Waals surface area contributed by atoms with Gasteiger partial charge in [0.1, 0.15) is 5.65 Å². The van der Waals surface area contributed by atoms with Crippen molar-refractivity contribution in [3.8, 4) is 0 Å². The molecular formula is C20H25F2N5O3S. The second-order valence-electron chi connectivity index (χ2n) is 8.17. The standard InChI is InChI=1S/C20H25F2N5O3S/c1-12-4-3-5-16(12)27-18-13(10-15(17(21)22)19(27)28)11-23-20(25-18)24-14-6-8-26(9-7-14)31(2,29)30/h4,10-11,14,16-17H,3,5-9H2,1-2H3,(H,23,24,25)/t16-/m1/s1. The number of hydrogen-bond acceptors (Lipinski definition) is 6. The zero-order valence-corrected chi connectivity index (χ0v) is 18.2. The Hall–Kier alpha value is -2.40. The van der Waals surface area contributed by atoms with E-state index in [1.165, 1.54) is 27.4 Å². The van der Waals surface area contributed by atoms with Crippen LogP contribution in [0.5, 0.6) is 0 Å². The molecule has 2 aliphatic rings. The van der Waals surface area contributed by atoms with Gasteiger partial charge in [-0.15, -0.1) is 0 Å². The van der Waals surface area contributed by atoms with E-state index in [1.54, 1.807) is 0 Å². The van der Waals surface area contributed by atoms with Gasteiger partial charge in [-0.3, -0.25) is 9.36 Å². The molecule has 2 aromatic rings. The second-order valence-corrected chi connectivity index (χ2v) is 10.2. The first kappa shape index (κ1) is 21.8. The molecule has 0 radical (unpaired) electrons. The van der Waals surface area contributed by atoms with Gasteiger partial charge in [-0.1, -0.05) is 11.6 Å². The van der Waals surface area contributed by atoms with Gasteiger partial charge in [0.15, 0.2) is 0 Å². The number of alkyl halides is 2. The smallest absolute Gasteiger partial charge is 0.269 e. The zero-order chi connectivity index (χ0) is 22.3. The molecule has 0 spiro atoms. The van der Waals surface area contributed by atoms with Gasteiger partial charge in [-0.05, 0) is 38.7 Å². The number of piperidine rings is 1. The van der Waals surface area contributed by atoms with Gasteiger partial charge < -0.3 is 5.32 Å². The topological polar surface area (TPSA) is 97.2 Å². The summed E-state index contributed by atoms with van der Waals surface area (Å²) < 4.78 is 53.2. The number of hydrogen-bond donors (Lipinski definition) is 1. The molecule has 11 heteroatoms. The Bertz CT molecular complexity index is 1190. The van der Waals surface area contributed by atoms with E-state index in [4.69, 9.17) is 0 Å². The lowest BCUT2D eigenvalue weighted by molar-refractivity contribution is 0.149. The molecule has 1 aliphatic heterocycles. The van der Waals surface area contributed by atoms with E-state index in [9.17, 15) is 22.0 Å². The molecule has 8 nitrogen and oxygen atoms in total. The Labute approximate surface area is 179 Å². The molecule has 4 rings (SSSR count). The lowest BCUT2D eigenvalue weighted by Gasteiger charge is -2.30. The van der Waals surface area contributed by atoms with E-state index in [0.717, 1.165) is 12.0 Å². The Morgan fingerprint density at radius 2 is 1.94 bits per heavy atom. The normalized spacial score (nSPS) is 21.1. The van der Waals surface area contributed by atoms with E-state index >= 15 is 0 Å². The highest BCUT2D eigenvalue weighted by Crippen LogP contribution is 2.32. The van der Waals surface area contributed by atoms with Crippen LogP contribution in [0.2, 0.25) is 0 Å². The first-order valence-electron chi connectivity index (χ1n) is 10.2. The lowest BCUT2D eigenvalue weighted by atomic mass is 10.1. The molecule has 1 atom stereocenters. The van der Waals surface area contributed by atoms with E-state index in [-0.39, 0.29) is 12.1 Å². The number of fused-ring (bicyclic) bond motifs is 1. The maximum absolute atomic E-state index is 13.5. The highest BCUT2D eigenvalue weighted by molar-refractivity contribution is 7.88. The number of pyridine rings is 1. The van der Waals surface area contributed by atoms with E-state index in [0.29, 0.717) is 49.3 Å². The van der Waals surface area contributed by atoms with Crippen LogP contribution in [0.25, 0.3) is 11.0 Å². The molecule has 2 aromatic heterocycles. The van der Waals surface area contributed by atoms with Gasteiger partial charge >= 0.3 is 0 Å². The Balaban J connectivity index is 1.68. The third-order valence-corrected chi connectivity index (χ3v) is 7.34. The third-order valence-electron chi connectivity index (χ3n) is 6.04. The number of rotatable bonds is 5. The minimum atomic E-state index is -3.22. The minimum Gasteiger partial charge on any atom is -0.351 e. The van der Waals surface area contributed by atoms with E-state index in [1.807, 2.05) is 13.0 Å². The molecule has 0 saturated carbocycles. The van der Waals surface area contributed by atoms with Crippen LogP contribution in [0.1, 0.15) is 50.6 Å². The summed E-state index contributed by atoms with van der Waals surface area (Å²) in [7, 11) is -3.22.